The summed E-state index contributed by atoms with van der Waals surface area (Å²) in [5.74, 6) is 0. The van der Waals surface area contributed by atoms with Crippen LogP contribution >= 0.6 is 11.6 Å². The van der Waals surface area contributed by atoms with Gasteiger partial charge in [-0.15, -0.1) is 0 Å². The summed E-state index contributed by atoms with van der Waals surface area (Å²) < 4.78 is 0. The number of nitrogens with zero attached hydrogens (tertiary/aromatic N) is 3. The fraction of sp³-hybridized carbons (Fsp3) is 0.368. The molecule has 126 valence electrons. The van der Waals surface area contributed by atoms with Crippen LogP contribution < -0.4 is 4.90 Å². The lowest BCUT2D eigenvalue weighted by molar-refractivity contribution is 0.111. The average molecular weight is 344 g/mol. The highest BCUT2D eigenvalue weighted by Crippen LogP contribution is 2.25. The molecule has 1 aromatic carbocycles. The second-order valence-electron chi connectivity index (χ2n) is 6.23. The van der Waals surface area contributed by atoms with Crippen LogP contribution in [-0.4, -0.2) is 49.4 Å². The fourth-order valence-electron chi connectivity index (χ4n) is 3.16. The van der Waals surface area contributed by atoms with E-state index < -0.39 is 0 Å². The Morgan fingerprint density at radius 1 is 1.17 bits per heavy atom. The lowest BCUT2D eigenvalue weighted by Gasteiger charge is -2.35. The van der Waals surface area contributed by atoms with E-state index in [0.717, 1.165) is 61.6 Å². The standard InChI is InChI=1S/C19H22ClN3O/c1-22-9-11-23(12-10-22)19-7-8-21-18(14-24)17(19)6-5-15-3-2-4-16(20)13-15/h2-4,7-8,13-14H,5-6,9-12H2,1H3. The van der Waals surface area contributed by atoms with Crippen molar-refractivity contribution in [3.8, 4) is 0 Å². The van der Waals surface area contributed by atoms with E-state index in [4.69, 9.17) is 11.6 Å². The molecule has 3 rings (SSSR count). The van der Waals surface area contributed by atoms with Crippen molar-refractivity contribution in [1.29, 1.82) is 0 Å². The minimum atomic E-state index is 0.549. The zero-order valence-corrected chi connectivity index (χ0v) is 14.7. The van der Waals surface area contributed by atoms with Crippen LogP contribution in [0, 0.1) is 0 Å². The number of carbonyl (C=O) groups is 1. The zero-order chi connectivity index (χ0) is 16.9. The second kappa shape index (κ2) is 7.77. The van der Waals surface area contributed by atoms with Gasteiger partial charge in [-0.25, -0.2) is 0 Å². The number of halogens is 1. The molecule has 0 radical (unpaired) electrons. The number of rotatable bonds is 5. The molecule has 0 aliphatic carbocycles. The molecule has 1 aliphatic rings. The van der Waals surface area contributed by atoms with Gasteiger partial charge >= 0.3 is 0 Å². The van der Waals surface area contributed by atoms with Gasteiger partial charge in [0.05, 0.1) is 0 Å². The average Bonchev–Trinajstić information content (AvgIpc) is 2.60. The summed E-state index contributed by atoms with van der Waals surface area (Å²) in [6.07, 6.45) is 4.23. The molecule has 0 spiro atoms. The van der Waals surface area contributed by atoms with Crippen LogP contribution in [0.25, 0.3) is 0 Å². The molecule has 24 heavy (non-hydrogen) atoms. The van der Waals surface area contributed by atoms with Crippen LogP contribution in [0.15, 0.2) is 36.5 Å². The summed E-state index contributed by atoms with van der Waals surface area (Å²) in [7, 11) is 2.14. The number of hydrogen-bond acceptors (Lipinski definition) is 4. The Morgan fingerprint density at radius 2 is 1.96 bits per heavy atom. The summed E-state index contributed by atoms with van der Waals surface area (Å²) in [4.78, 5) is 20.4. The van der Waals surface area contributed by atoms with Gasteiger partial charge in [0, 0.05) is 48.6 Å². The summed E-state index contributed by atoms with van der Waals surface area (Å²) in [6.45, 7) is 4.02. The molecule has 0 amide bonds. The summed E-state index contributed by atoms with van der Waals surface area (Å²) in [5, 5.41) is 0.744. The molecule has 0 bridgehead atoms. The molecule has 1 aromatic heterocycles. The van der Waals surface area contributed by atoms with Gasteiger partial charge in [-0.05, 0) is 43.7 Å². The number of anilines is 1. The van der Waals surface area contributed by atoms with Crippen molar-refractivity contribution in [2.45, 2.75) is 12.8 Å². The van der Waals surface area contributed by atoms with E-state index >= 15 is 0 Å². The first-order valence-corrected chi connectivity index (χ1v) is 8.66. The Kier molecular flexibility index (Phi) is 5.48. The van der Waals surface area contributed by atoms with E-state index in [0.29, 0.717) is 5.69 Å². The third kappa shape index (κ3) is 3.94. The molecule has 2 heterocycles. The van der Waals surface area contributed by atoms with Gasteiger partial charge in [0.1, 0.15) is 5.69 Å². The Hall–Kier alpha value is -1.91. The first kappa shape index (κ1) is 16.9. The quantitative estimate of drug-likeness (QED) is 0.782. The minimum Gasteiger partial charge on any atom is -0.369 e. The van der Waals surface area contributed by atoms with Crippen LogP contribution in [-0.2, 0) is 12.8 Å². The molecule has 0 atom stereocenters. The van der Waals surface area contributed by atoms with E-state index in [-0.39, 0.29) is 0 Å². The number of benzene rings is 1. The summed E-state index contributed by atoms with van der Waals surface area (Å²) in [5.41, 5.74) is 3.90. The second-order valence-corrected chi connectivity index (χ2v) is 6.67. The van der Waals surface area contributed by atoms with Crippen LogP contribution in [0.4, 0.5) is 5.69 Å². The van der Waals surface area contributed by atoms with Crippen LogP contribution in [0.5, 0.6) is 0 Å². The Bertz CT molecular complexity index is 712. The van der Waals surface area contributed by atoms with Gasteiger partial charge in [-0.3, -0.25) is 9.78 Å². The molecule has 0 saturated carbocycles. The van der Waals surface area contributed by atoms with Crippen molar-refractivity contribution >= 4 is 23.6 Å². The van der Waals surface area contributed by atoms with Gasteiger partial charge in [-0.2, -0.15) is 0 Å². The molecule has 1 saturated heterocycles. The number of carbonyl (C=O) groups excluding carboxylic acids is 1. The lowest BCUT2D eigenvalue weighted by atomic mass is 10.0. The number of aryl methyl sites for hydroxylation is 1. The Morgan fingerprint density at radius 3 is 2.67 bits per heavy atom. The molecule has 0 unspecified atom stereocenters. The molecular formula is C19H22ClN3O. The van der Waals surface area contributed by atoms with Crippen molar-refractivity contribution in [2.75, 3.05) is 38.1 Å². The topological polar surface area (TPSA) is 36.4 Å². The SMILES string of the molecule is CN1CCN(c2ccnc(C=O)c2CCc2cccc(Cl)c2)CC1. The molecule has 5 heteroatoms. The van der Waals surface area contributed by atoms with Gasteiger partial charge < -0.3 is 9.80 Å². The predicted octanol–water partition coefficient (Wildman–Crippen LogP) is 3.08. The Labute approximate surface area is 148 Å². The first-order chi connectivity index (χ1) is 11.7. The zero-order valence-electron chi connectivity index (χ0n) is 13.9. The third-order valence-electron chi connectivity index (χ3n) is 4.57. The van der Waals surface area contributed by atoms with Crippen LogP contribution in [0.1, 0.15) is 21.6 Å². The van der Waals surface area contributed by atoms with Gasteiger partial charge in [0.15, 0.2) is 6.29 Å². The van der Waals surface area contributed by atoms with Crippen molar-refractivity contribution in [3.05, 3.63) is 58.4 Å². The van der Waals surface area contributed by atoms with Crippen LogP contribution in [0.2, 0.25) is 5.02 Å². The molecule has 1 fully saturated rings. The van der Waals surface area contributed by atoms with Crippen molar-refractivity contribution in [1.82, 2.24) is 9.88 Å². The molecular weight excluding hydrogens is 322 g/mol. The largest absolute Gasteiger partial charge is 0.369 e. The number of piperazine rings is 1. The minimum absolute atomic E-state index is 0.549. The van der Waals surface area contributed by atoms with E-state index in [2.05, 4.69) is 27.9 Å². The number of aldehydes is 1. The van der Waals surface area contributed by atoms with E-state index in [1.807, 2.05) is 24.3 Å². The summed E-state index contributed by atoms with van der Waals surface area (Å²) >= 11 is 6.07. The normalized spacial score (nSPS) is 15.5. The fourth-order valence-corrected chi connectivity index (χ4v) is 3.37. The maximum Gasteiger partial charge on any atom is 0.168 e. The summed E-state index contributed by atoms with van der Waals surface area (Å²) in [6, 6.07) is 9.92. The van der Waals surface area contributed by atoms with Gasteiger partial charge in [0.2, 0.25) is 0 Å². The number of pyridine rings is 1. The highest BCUT2D eigenvalue weighted by molar-refractivity contribution is 6.30. The smallest absolute Gasteiger partial charge is 0.168 e. The van der Waals surface area contributed by atoms with Crippen molar-refractivity contribution < 1.29 is 4.79 Å². The number of hydrogen-bond donors (Lipinski definition) is 0. The molecule has 0 N–H and O–H groups in total. The van der Waals surface area contributed by atoms with Crippen molar-refractivity contribution in [3.63, 3.8) is 0 Å². The highest BCUT2D eigenvalue weighted by Gasteiger charge is 2.19. The first-order valence-electron chi connectivity index (χ1n) is 8.28. The molecule has 1 aliphatic heterocycles. The van der Waals surface area contributed by atoms with E-state index in [1.54, 1.807) is 6.20 Å². The van der Waals surface area contributed by atoms with Gasteiger partial charge in [0.25, 0.3) is 0 Å². The third-order valence-corrected chi connectivity index (χ3v) is 4.81. The molecule has 4 nitrogen and oxygen atoms in total. The highest BCUT2D eigenvalue weighted by atomic mass is 35.5. The van der Waals surface area contributed by atoms with Gasteiger partial charge in [-0.1, -0.05) is 23.7 Å². The van der Waals surface area contributed by atoms with E-state index in [1.165, 1.54) is 5.56 Å². The molecule has 2 aromatic rings. The van der Waals surface area contributed by atoms with Crippen molar-refractivity contribution in [2.24, 2.45) is 0 Å². The van der Waals surface area contributed by atoms with E-state index in [9.17, 15) is 4.79 Å². The van der Waals surface area contributed by atoms with Crippen LogP contribution in [0.3, 0.4) is 0 Å². The maximum absolute atomic E-state index is 11.5. The monoisotopic (exact) mass is 343 g/mol. The Balaban J connectivity index is 1.83. The lowest BCUT2D eigenvalue weighted by Crippen LogP contribution is -2.45. The number of likely N-dealkylation sites (N-methyl/N-ethyl adjacent to an activating group) is 1. The predicted molar refractivity (Wildman–Crippen MR) is 98.2 cm³/mol. The maximum atomic E-state index is 11.5. The number of aromatic nitrogens is 1.